The smallest absolute Gasteiger partial charge is 0.336 e. The molecule has 0 atom stereocenters. The highest BCUT2D eigenvalue weighted by Gasteiger charge is 2.19. The van der Waals surface area contributed by atoms with E-state index in [1.165, 1.54) is 19.4 Å². The Labute approximate surface area is 140 Å². The van der Waals surface area contributed by atoms with Crippen molar-refractivity contribution in [1.82, 2.24) is 9.71 Å². The molecule has 0 spiro atoms. The van der Waals surface area contributed by atoms with Gasteiger partial charge in [0.2, 0.25) is 10.0 Å². The van der Waals surface area contributed by atoms with Crippen molar-refractivity contribution in [2.24, 2.45) is 0 Å². The number of hydrogen-bond acceptors (Lipinski definition) is 5. The number of hydrogen-bond donors (Lipinski definition) is 2. The van der Waals surface area contributed by atoms with Crippen molar-refractivity contribution in [2.75, 3.05) is 7.11 Å². The number of carboxylic acids is 1. The first-order valence-corrected chi connectivity index (χ1v) is 8.56. The Bertz CT molecular complexity index is 861. The number of benzene rings is 1. The number of rotatable bonds is 6. The SMILES string of the molecule is COc1ccc(CNS(=O)(=O)c2cc(C)c(C)c(C(=O)O)c2)nc1. The predicted octanol–water partition coefficient (Wildman–Crippen LogP) is 1.88. The van der Waals surface area contributed by atoms with Gasteiger partial charge in [-0.05, 0) is 49.2 Å². The van der Waals surface area contributed by atoms with Crippen molar-refractivity contribution >= 4 is 16.0 Å². The lowest BCUT2D eigenvalue weighted by Crippen LogP contribution is -2.24. The van der Waals surface area contributed by atoms with Crippen LogP contribution in [0.3, 0.4) is 0 Å². The van der Waals surface area contributed by atoms with Crippen LogP contribution in [0.5, 0.6) is 5.75 Å². The van der Waals surface area contributed by atoms with Crippen LogP contribution in [0.1, 0.15) is 27.2 Å². The summed E-state index contributed by atoms with van der Waals surface area (Å²) < 4.78 is 32.2. The summed E-state index contributed by atoms with van der Waals surface area (Å²) in [4.78, 5) is 15.2. The molecule has 2 aromatic rings. The van der Waals surface area contributed by atoms with E-state index in [0.29, 0.717) is 22.6 Å². The fraction of sp³-hybridized carbons (Fsp3) is 0.250. The molecule has 0 saturated carbocycles. The lowest BCUT2D eigenvalue weighted by molar-refractivity contribution is 0.0695. The Balaban J connectivity index is 2.25. The van der Waals surface area contributed by atoms with E-state index in [9.17, 15) is 18.3 Å². The van der Waals surface area contributed by atoms with Gasteiger partial charge < -0.3 is 9.84 Å². The van der Waals surface area contributed by atoms with Gasteiger partial charge in [0.25, 0.3) is 0 Å². The maximum absolute atomic E-state index is 12.4. The standard InChI is InChI=1S/C16H18N2O5S/c1-10-6-14(7-15(11(10)2)16(19)20)24(21,22)18-8-12-4-5-13(23-3)9-17-12/h4-7,9,18H,8H2,1-3H3,(H,19,20). The van der Waals surface area contributed by atoms with Gasteiger partial charge in [-0.1, -0.05) is 0 Å². The minimum absolute atomic E-state index is 0.0122. The van der Waals surface area contributed by atoms with E-state index in [2.05, 4.69) is 9.71 Å². The largest absolute Gasteiger partial charge is 0.495 e. The van der Waals surface area contributed by atoms with Crippen molar-refractivity contribution in [1.29, 1.82) is 0 Å². The van der Waals surface area contributed by atoms with Crippen molar-refractivity contribution in [3.05, 3.63) is 52.8 Å². The van der Waals surface area contributed by atoms with Crippen molar-refractivity contribution in [3.8, 4) is 5.75 Å². The van der Waals surface area contributed by atoms with Gasteiger partial charge in [-0.25, -0.2) is 17.9 Å². The fourth-order valence-corrected chi connectivity index (χ4v) is 3.20. The molecular weight excluding hydrogens is 332 g/mol. The third-order valence-corrected chi connectivity index (χ3v) is 5.04. The summed E-state index contributed by atoms with van der Waals surface area (Å²) in [7, 11) is -2.34. The topological polar surface area (TPSA) is 106 Å². The second-order valence-corrected chi connectivity index (χ2v) is 7.00. The molecule has 24 heavy (non-hydrogen) atoms. The van der Waals surface area contributed by atoms with Gasteiger partial charge in [-0.15, -0.1) is 0 Å². The summed E-state index contributed by atoms with van der Waals surface area (Å²) in [5.74, 6) is -0.591. The molecule has 128 valence electrons. The lowest BCUT2D eigenvalue weighted by atomic mass is 10.0. The molecule has 7 nitrogen and oxygen atoms in total. The van der Waals surface area contributed by atoms with E-state index in [1.807, 2.05) is 0 Å². The molecule has 0 amide bonds. The predicted molar refractivity (Wildman–Crippen MR) is 87.7 cm³/mol. The van der Waals surface area contributed by atoms with E-state index in [4.69, 9.17) is 4.74 Å². The molecule has 2 rings (SSSR count). The van der Waals surface area contributed by atoms with Crippen LogP contribution in [0.15, 0.2) is 35.4 Å². The quantitative estimate of drug-likeness (QED) is 0.824. The molecule has 0 saturated heterocycles. The molecule has 1 aromatic heterocycles. The molecule has 0 aliphatic heterocycles. The Hall–Kier alpha value is -2.45. The summed E-state index contributed by atoms with van der Waals surface area (Å²) in [6, 6.07) is 5.93. The third-order valence-electron chi connectivity index (χ3n) is 3.66. The number of nitrogens with zero attached hydrogens (tertiary/aromatic N) is 1. The summed E-state index contributed by atoms with van der Waals surface area (Å²) in [5.41, 5.74) is 1.62. The third kappa shape index (κ3) is 3.90. The Morgan fingerprint density at radius 2 is 2.00 bits per heavy atom. The minimum atomic E-state index is -3.85. The number of ether oxygens (including phenoxy) is 1. The first-order chi connectivity index (χ1) is 11.2. The molecule has 8 heteroatoms. The van der Waals surface area contributed by atoms with Gasteiger partial charge in [0.15, 0.2) is 0 Å². The van der Waals surface area contributed by atoms with Crippen LogP contribution < -0.4 is 9.46 Å². The maximum Gasteiger partial charge on any atom is 0.336 e. The summed E-state index contributed by atoms with van der Waals surface area (Å²) in [6.07, 6.45) is 1.49. The van der Waals surface area contributed by atoms with Gasteiger partial charge in [-0.3, -0.25) is 4.98 Å². The molecule has 0 aliphatic carbocycles. The average Bonchev–Trinajstić information content (AvgIpc) is 2.55. The molecule has 0 unspecified atom stereocenters. The summed E-state index contributed by atoms with van der Waals surface area (Å²) in [6.45, 7) is 3.30. The second kappa shape index (κ2) is 6.98. The monoisotopic (exact) mass is 350 g/mol. The Morgan fingerprint density at radius 1 is 1.29 bits per heavy atom. The van der Waals surface area contributed by atoms with Gasteiger partial charge in [0, 0.05) is 0 Å². The summed E-state index contributed by atoms with van der Waals surface area (Å²) in [5, 5.41) is 9.20. The lowest BCUT2D eigenvalue weighted by Gasteiger charge is -2.11. The van der Waals surface area contributed by atoms with E-state index in [1.54, 1.807) is 26.0 Å². The highest BCUT2D eigenvalue weighted by atomic mass is 32.2. The average molecular weight is 350 g/mol. The zero-order chi connectivity index (χ0) is 17.9. The number of carboxylic acid groups (broad SMARTS) is 1. The van der Waals surface area contributed by atoms with Crippen LogP contribution in [-0.4, -0.2) is 31.6 Å². The molecule has 0 aliphatic rings. The maximum atomic E-state index is 12.4. The number of aromatic carboxylic acids is 1. The molecule has 0 bridgehead atoms. The van der Waals surface area contributed by atoms with Crippen molar-refractivity contribution < 1.29 is 23.1 Å². The number of sulfonamides is 1. The van der Waals surface area contributed by atoms with Gasteiger partial charge in [0.1, 0.15) is 5.75 Å². The van der Waals surface area contributed by atoms with E-state index >= 15 is 0 Å². The second-order valence-electron chi connectivity index (χ2n) is 5.23. The van der Waals surface area contributed by atoms with Crippen LogP contribution in [0.25, 0.3) is 0 Å². The van der Waals surface area contributed by atoms with Crippen molar-refractivity contribution in [2.45, 2.75) is 25.3 Å². The number of aryl methyl sites for hydroxylation is 1. The molecule has 0 fully saturated rings. The van der Waals surface area contributed by atoms with E-state index in [0.717, 1.165) is 6.07 Å². The Morgan fingerprint density at radius 3 is 2.54 bits per heavy atom. The Kier molecular flexibility index (Phi) is 5.20. The highest BCUT2D eigenvalue weighted by molar-refractivity contribution is 7.89. The van der Waals surface area contributed by atoms with E-state index in [-0.39, 0.29) is 17.0 Å². The molecule has 1 heterocycles. The van der Waals surface area contributed by atoms with Gasteiger partial charge >= 0.3 is 5.97 Å². The zero-order valence-electron chi connectivity index (χ0n) is 13.5. The van der Waals surface area contributed by atoms with Crippen LogP contribution in [0, 0.1) is 13.8 Å². The van der Waals surface area contributed by atoms with Crippen LogP contribution in [0.4, 0.5) is 0 Å². The number of methoxy groups -OCH3 is 1. The minimum Gasteiger partial charge on any atom is -0.495 e. The van der Waals surface area contributed by atoms with Crippen molar-refractivity contribution in [3.63, 3.8) is 0 Å². The number of pyridine rings is 1. The van der Waals surface area contributed by atoms with Crippen LogP contribution >= 0.6 is 0 Å². The summed E-state index contributed by atoms with van der Waals surface area (Å²) >= 11 is 0. The first kappa shape index (κ1) is 17.9. The van der Waals surface area contributed by atoms with Crippen LogP contribution in [-0.2, 0) is 16.6 Å². The number of carbonyl (C=O) groups is 1. The zero-order valence-corrected chi connectivity index (χ0v) is 14.3. The van der Waals surface area contributed by atoms with Gasteiger partial charge in [0.05, 0.1) is 36.0 Å². The van der Waals surface area contributed by atoms with Gasteiger partial charge in [-0.2, -0.15) is 0 Å². The van der Waals surface area contributed by atoms with Crippen LogP contribution in [0.2, 0.25) is 0 Å². The highest BCUT2D eigenvalue weighted by Crippen LogP contribution is 2.20. The number of aromatic nitrogens is 1. The number of nitrogens with one attached hydrogen (secondary N) is 1. The molecule has 2 N–H and O–H groups in total. The fourth-order valence-electron chi connectivity index (χ4n) is 2.09. The first-order valence-electron chi connectivity index (χ1n) is 7.07. The van der Waals surface area contributed by atoms with E-state index < -0.39 is 16.0 Å². The molecular formula is C16H18N2O5S. The normalized spacial score (nSPS) is 11.3. The molecule has 0 radical (unpaired) electrons. The molecule has 1 aromatic carbocycles.